The first-order chi connectivity index (χ1) is 10.3. The summed E-state index contributed by atoms with van der Waals surface area (Å²) in [5.41, 5.74) is 3.69. The van der Waals surface area contributed by atoms with Gasteiger partial charge in [-0.1, -0.05) is 42.5 Å². The van der Waals surface area contributed by atoms with Gasteiger partial charge in [-0.05, 0) is 17.2 Å². The van der Waals surface area contributed by atoms with Gasteiger partial charge >= 0.3 is 0 Å². The summed E-state index contributed by atoms with van der Waals surface area (Å²) in [6.45, 7) is 4.08. The van der Waals surface area contributed by atoms with E-state index in [9.17, 15) is 5.11 Å². The zero-order valence-corrected chi connectivity index (χ0v) is 12.0. The lowest BCUT2D eigenvalue weighted by atomic mass is 9.80. The van der Waals surface area contributed by atoms with Crippen LogP contribution in [-0.4, -0.2) is 36.2 Å². The van der Waals surface area contributed by atoms with Crippen LogP contribution in [0.4, 0.5) is 0 Å². The summed E-state index contributed by atoms with van der Waals surface area (Å²) in [7, 11) is 0. The van der Waals surface area contributed by atoms with Crippen molar-refractivity contribution in [3.63, 3.8) is 0 Å². The van der Waals surface area contributed by atoms with Gasteiger partial charge in [-0.2, -0.15) is 0 Å². The molecular weight excluding hydrogens is 260 g/mol. The van der Waals surface area contributed by atoms with Crippen molar-refractivity contribution in [3.8, 4) is 5.75 Å². The van der Waals surface area contributed by atoms with Crippen molar-refractivity contribution in [2.24, 2.45) is 0 Å². The number of phenols is 1. The van der Waals surface area contributed by atoms with E-state index in [-0.39, 0.29) is 5.92 Å². The lowest BCUT2D eigenvalue weighted by Crippen LogP contribution is -2.50. The van der Waals surface area contributed by atoms with E-state index in [4.69, 9.17) is 0 Å². The summed E-state index contributed by atoms with van der Waals surface area (Å²) in [6, 6.07) is 16.9. The van der Waals surface area contributed by atoms with E-state index in [1.165, 1.54) is 11.1 Å². The zero-order valence-electron chi connectivity index (χ0n) is 12.0. The van der Waals surface area contributed by atoms with Gasteiger partial charge in [-0.15, -0.1) is 0 Å². The van der Waals surface area contributed by atoms with Crippen LogP contribution >= 0.6 is 0 Å². The third kappa shape index (κ3) is 2.13. The Balaban J connectivity index is 1.85. The molecule has 0 aliphatic carbocycles. The monoisotopic (exact) mass is 280 g/mol. The maximum Gasteiger partial charge on any atom is 0.119 e. The fourth-order valence-corrected chi connectivity index (χ4v) is 3.80. The van der Waals surface area contributed by atoms with Crippen molar-refractivity contribution in [2.75, 3.05) is 26.2 Å². The van der Waals surface area contributed by atoms with E-state index >= 15 is 0 Å². The topological polar surface area (TPSA) is 35.5 Å². The number of aromatic hydroxyl groups is 1. The molecule has 2 aliphatic heterocycles. The van der Waals surface area contributed by atoms with E-state index in [0.29, 0.717) is 11.8 Å². The molecule has 2 heterocycles. The number of nitrogens with zero attached hydrogens (tertiary/aromatic N) is 1. The van der Waals surface area contributed by atoms with Crippen LogP contribution in [0.5, 0.6) is 5.75 Å². The molecule has 0 aromatic heterocycles. The van der Waals surface area contributed by atoms with Gasteiger partial charge in [0.05, 0.1) is 0 Å². The van der Waals surface area contributed by atoms with E-state index < -0.39 is 0 Å². The zero-order chi connectivity index (χ0) is 14.2. The minimum absolute atomic E-state index is 0.261. The first kappa shape index (κ1) is 12.9. The Bertz CT molecular complexity index is 641. The Morgan fingerprint density at radius 2 is 1.90 bits per heavy atom. The normalized spacial score (nSPS) is 25.1. The molecule has 0 saturated carbocycles. The van der Waals surface area contributed by atoms with Crippen LogP contribution < -0.4 is 5.32 Å². The molecule has 2 atom stereocenters. The number of nitrogens with one attached hydrogen (secondary N) is 1. The molecule has 0 amide bonds. The van der Waals surface area contributed by atoms with Crippen molar-refractivity contribution in [1.82, 2.24) is 10.2 Å². The minimum Gasteiger partial charge on any atom is -0.508 e. The minimum atomic E-state index is 0.261. The van der Waals surface area contributed by atoms with Crippen LogP contribution in [0.15, 0.2) is 48.5 Å². The Morgan fingerprint density at radius 1 is 1.05 bits per heavy atom. The average molecular weight is 280 g/mol. The van der Waals surface area contributed by atoms with Gasteiger partial charge in [0, 0.05) is 43.7 Å². The van der Waals surface area contributed by atoms with Crippen LogP contribution in [0, 0.1) is 0 Å². The third-order valence-electron chi connectivity index (χ3n) is 4.80. The summed E-state index contributed by atoms with van der Waals surface area (Å²) in [4.78, 5) is 2.55. The predicted octanol–water partition coefficient (Wildman–Crippen LogP) is 2.48. The van der Waals surface area contributed by atoms with Gasteiger partial charge in [0.15, 0.2) is 0 Å². The van der Waals surface area contributed by atoms with Crippen molar-refractivity contribution in [1.29, 1.82) is 0 Å². The fraction of sp³-hybridized carbons (Fsp3) is 0.333. The number of rotatable bonds is 1. The van der Waals surface area contributed by atoms with Crippen LogP contribution in [0.3, 0.4) is 0 Å². The Kier molecular flexibility index (Phi) is 3.17. The van der Waals surface area contributed by atoms with Crippen LogP contribution in [-0.2, 0) is 0 Å². The second-order valence-electron chi connectivity index (χ2n) is 5.96. The molecule has 0 bridgehead atoms. The maximum atomic E-state index is 10.4. The lowest BCUT2D eigenvalue weighted by Gasteiger charge is -2.44. The number of phenolic OH excluding ortho intramolecular Hbond substituents is 1. The number of hydrogen-bond acceptors (Lipinski definition) is 3. The molecule has 1 saturated heterocycles. The summed E-state index contributed by atoms with van der Waals surface area (Å²) in [5.74, 6) is 0.698. The quantitative estimate of drug-likeness (QED) is 0.842. The van der Waals surface area contributed by atoms with Gasteiger partial charge < -0.3 is 10.4 Å². The predicted molar refractivity (Wildman–Crippen MR) is 83.6 cm³/mol. The van der Waals surface area contributed by atoms with Gasteiger partial charge in [0.25, 0.3) is 0 Å². The highest BCUT2D eigenvalue weighted by Crippen LogP contribution is 2.43. The van der Waals surface area contributed by atoms with Crippen LogP contribution in [0.2, 0.25) is 0 Å². The molecule has 2 aromatic carbocycles. The summed E-state index contributed by atoms with van der Waals surface area (Å²) in [5, 5.41) is 13.9. The SMILES string of the molecule is Oc1cccc2c1[C@H](c1ccccc1)CN1CCNC[C@@H]21. The second-order valence-corrected chi connectivity index (χ2v) is 5.96. The second kappa shape index (κ2) is 5.17. The summed E-state index contributed by atoms with van der Waals surface area (Å²) in [6.07, 6.45) is 0. The van der Waals surface area contributed by atoms with Crippen molar-refractivity contribution in [2.45, 2.75) is 12.0 Å². The molecule has 21 heavy (non-hydrogen) atoms. The Hall–Kier alpha value is -1.84. The Morgan fingerprint density at radius 3 is 2.76 bits per heavy atom. The number of benzene rings is 2. The summed E-state index contributed by atoms with van der Waals surface area (Å²) >= 11 is 0. The van der Waals surface area contributed by atoms with Gasteiger partial charge in [0.2, 0.25) is 0 Å². The third-order valence-corrected chi connectivity index (χ3v) is 4.80. The highest BCUT2D eigenvalue weighted by Gasteiger charge is 2.36. The van der Waals surface area contributed by atoms with Gasteiger partial charge in [-0.3, -0.25) is 4.90 Å². The van der Waals surface area contributed by atoms with E-state index in [0.717, 1.165) is 31.7 Å². The summed E-state index contributed by atoms with van der Waals surface area (Å²) < 4.78 is 0. The number of hydrogen-bond donors (Lipinski definition) is 2. The van der Waals surface area contributed by atoms with Crippen molar-refractivity contribution < 1.29 is 5.11 Å². The van der Waals surface area contributed by atoms with E-state index in [2.05, 4.69) is 40.5 Å². The lowest BCUT2D eigenvalue weighted by molar-refractivity contribution is 0.142. The molecule has 2 aromatic rings. The molecule has 108 valence electrons. The standard InChI is InChI=1S/C18H20N2O/c21-17-8-4-7-14-16-11-19-9-10-20(16)12-15(18(14)17)13-5-2-1-3-6-13/h1-8,15-16,19,21H,9-12H2/t15-,16-/m0/s1. The van der Waals surface area contributed by atoms with Crippen LogP contribution in [0.1, 0.15) is 28.7 Å². The first-order valence-electron chi connectivity index (χ1n) is 7.66. The molecule has 2 aliphatic rings. The van der Waals surface area contributed by atoms with Crippen LogP contribution in [0.25, 0.3) is 0 Å². The molecular formula is C18H20N2O. The largest absolute Gasteiger partial charge is 0.508 e. The maximum absolute atomic E-state index is 10.4. The molecule has 3 heteroatoms. The average Bonchev–Trinajstić information content (AvgIpc) is 2.55. The van der Waals surface area contributed by atoms with Gasteiger partial charge in [-0.25, -0.2) is 0 Å². The molecule has 0 radical (unpaired) electrons. The van der Waals surface area contributed by atoms with Crippen molar-refractivity contribution in [3.05, 3.63) is 65.2 Å². The molecule has 4 rings (SSSR count). The number of fused-ring (bicyclic) bond motifs is 3. The Labute approximate surface area is 125 Å². The first-order valence-corrected chi connectivity index (χ1v) is 7.66. The van der Waals surface area contributed by atoms with Crippen molar-refractivity contribution >= 4 is 0 Å². The fourth-order valence-electron chi connectivity index (χ4n) is 3.80. The van der Waals surface area contributed by atoms with E-state index in [1.807, 2.05) is 18.2 Å². The highest BCUT2D eigenvalue weighted by molar-refractivity contribution is 5.50. The smallest absolute Gasteiger partial charge is 0.119 e. The van der Waals surface area contributed by atoms with E-state index in [1.54, 1.807) is 0 Å². The molecule has 1 fully saturated rings. The molecule has 2 N–H and O–H groups in total. The van der Waals surface area contributed by atoms with Gasteiger partial charge in [0.1, 0.15) is 5.75 Å². The molecule has 3 nitrogen and oxygen atoms in total. The molecule has 0 spiro atoms. The highest BCUT2D eigenvalue weighted by atomic mass is 16.3. The number of piperazine rings is 1. The molecule has 0 unspecified atom stereocenters.